The second-order valence-electron chi connectivity index (χ2n) is 5.37. The number of rotatable bonds is 4. The average molecular weight is 348 g/mol. The summed E-state index contributed by atoms with van der Waals surface area (Å²) in [7, 11) is 1.51. The Kier molecular flexibility index (Phi) is 4.40. The van der Waals surface area contributed by atoms with Gasteiger partial charge in [-0.15, -0.1) is 0 Å². The molecule has 3 aromatic rings. The molecule has 2 aromatic heterocycles. The molecule has 0 atom stereocenters. The lowest BCUT2D eigenvalue weighted by molar-refractivity contribution is -0.115. The standard InChI is InChI=1S/C17H15ClFN3O2/c1-10-5-14(15(24-2)7-13(10)18)21-17(23)6-12-9-22-8-11(19)3-4-16(22)20-12/h3-5,7-9H,6H2,1-2H3,(H,21,23). The molecule has 0 bridgehead atoms. The number of carbonyl (C=O) groups is 1. The van der Waals surface area contributed by atoms with Crippen molar-refractivity contribution in [1.29, 1.82) is 0 Å². The molecule has 0 aliphatic carbocycles. The molecule has 7 heteroatoms. The Morgan fingerprint density at radius 2 is 2.17 bits per heavy atom. The maximum Gasteiger partial charge on any atom is 0.230 e. The molecule has 1 N–H and O–H groups in total. The van der Waals surface area contributed by atoms with Gasteiger partial charge in [-0.1, -0.05) is 11.6 Å². The highest BCUT2D eigenvalue weighted by molar-refractivity contribution is 6.31. The Bertz CT molecular complexity index is 924. The number of aromatic nitrogens is 2. The fourth-order valence-electron chi connectivity index (χ4n) is 2.39. The van der Waals surface area contributed by atoms with E-state index in [-0.39, 0.29) is 18.1 Å². The Labute approximate surface area is 143 Å². The lowest BCUT2D eigenvalue weighted by Gasteiger charge is -2.11. The number of hydrogen-bond acceptors (Lipinski definition) is 3. The first-order valence-corrected chi connectivity index (χ1v) is 7.61. The SMILES string of the molecule is COc1cc(Cl)c(C)cc1NC(=O)Cc1cn2cc(F)ccc2n1. The van der Waals surface area contributed by atoms with Crippen molar-refractivity contribution >= 4 is 28.8 Å². The molecule has 0 fully saturated rings. The van der Waals surface area contributed by atoms with E-state index in [1.165, 1.54) is 19.4 Å². The van der Waals surface area contributed by atoms with Crippen molar-refractivity contribution in [1.82, 2.24) is 9.38 Å². The van der Waals surface area contributed by atoms with Crippen LogP contribution in [0.15, 0.2) is 36.7 Å². The van der Waals surface area contributed by atoms with E-state index in [1.807, 2.05) is 6.92 Å². The van der Waals surface area contributed by atoms with Crippen LogP contribution in [-0.4, -0.2) is 22.4 Å². The van der Waals surface area contributed by atoms with Crippen molar-refractivity contribution in [2.75, 3.05) is 12.4 Å². The van der Waals surface area contributed by atoms with Gasteiger partial charge in [0.15, 0.2) is 0 Å². The van der Waals surface area contributed by atoms with E-state index in [0.717, 1.165) is 5.56 Å². The summed E-state index contributed by atoms with van der Waals surface area (Å²) >= 11 is 6.05. The lowest BCUT2D eigenvalue weighted by atomic mass is 10.2. The fourth-order valence-corrected chi connectivity index (χ4v) is 2.54. The maximum absolute atomic E-state index is 13.2. The van der Waals surface area contributed by atoms with Crippen molar-refractivity contribution in [3.8, 4) is 5.75 Å². The van der Waals surface area contributed by atoms with Crippen LogP contribution in [0.1, 0.15) is 11.3 Å². The van der Waals surface area contributed by atoms with Crippen molar-refractivity contribution < 1.29 is 13.9 Å². The molecule has 3 rings (SSSR count). The third-order valence-electron chi connectivity index (χ3n) is 3.56. The van der Waals surface area contributed by atoms with Gasteiger partial charge in [0.2, 0.25) is 5.91 Å². The number of nitrogens with zero attached hydrogens (tertiary/aromatic N) is 2. The zero-order valence-corrected chi connectivity index (χ0v) is 13.9. The topological polar surface area (TPSA) is 55.6 Å². The minimum absolute atomic E-state index is 0.0636. The number of ether oxygens (including phenoxy) is 1. The second kappa shape index (κ2) is 6.49. The van der Waals surface area contributed by atoms with Crippen LogP contribution in [0.5, 0.6) is 5.75 Å². The molecule has 2 heterocycles. The molecule has 0 spiro atoms. The predicted molar refractivity (Wildman–Crippen MR) is 90.2 cm³/mol. The molecule has 1 amide bonds. The van der Waals surface area contributed by atoms with Crippen LogP contribution in [0, 0.1) is 12.7 Å². The number of fused-ring (bicyclic) bond motifs is 1. The first-order chi connectivity index (χ1) is 11.5. The number of benzene rings is 1. The summed E-state index contributed by atoms with van der Waals surface area (Å²) in [6.45, 7) is 1.84. The van der Waals surface area contributed by atoms with E-state index in [0.29, 0.717) is 27.8 Å². The van der Waals surface area contributed by atoms with E-state index < -0.39 is 0 Å². The number of methoxy groups -OCH3 is 1. The van der Waals surface area contributed by atoms with Gasteiger partial charge in [-0.05, 0) is 30.7 Å². The Morgan fingerprint density at radius 1 is 1.38 bits per heavy atom. The van der Waals surface area contributed by atoms with E-state index in [4.69, 9.17) is 16.3 Å². The highest BCUT2D eigenvalue weighted by Crippen LogP contribution is 2.31. The van der Waals surface area contributed by atoms with Gasteiger partial charge in [0.05, 0.1) is 24.9 Å². The maximum atomic E-state index is 13.2. The first-order valence-electron chi connectivity index (χ1n) is 7.23. The molecule has 5 nitrogen and oxygen atoms in total. The molecule has 1 aromatic carbocycles. The molecule has 0 saturated heterocycles. The van der Waals surface area contributed by atoms with Crippen molar-refractivity contribution in [2.24, 2.45) is 0 Å². The minimum Gasteiger partial charge on any atom is -0.495 e. The summed E-state index contributed by atoms with van der Waals surface area (Å²) in [6.07, 6.45) is 3.01. The highest BCUT2D eigenvalue weighted by atomic mass is 35.5. The third kappa shape index (κ3) is 3.33. The normalized spacial score (nSPS) is 10.8. The molecule has 0 unspecified atom stereocenters. The van der Waals surface area contributed by atoms with Crippen LogP contribution < -0.4 is 10.1 Å². The van der Waals surface area contributed by atoms with Crippen LogP contribution >= 0.6 is 11.6 Å². The van der Waals surface area contributed by atoms with Gasteiger partial charge in [-0.2, -0.15) is 0 Å². The number of imidazole rings is 1. The van der Waals surface area contributed by atoms with Gasteiger partial charge in [0.1, 0.15) is 17.2 Å². The predicted octanol–water partition coefficient (Wildman–Crippen LogP) is 3.63. The smallest absolute Gasteiger partial charge is 0.230 e. The number of hydrogen-bond donors (Lipinski definition) is 1. The minimum atomic E-state index is -0.364. The van der Waals surface area contributed by atoms with Crippen LogP contribution in [0.2, 0.25) is 5.02 Å². The van der Waals surface area contributed by atoms with E-state index in [9.17, 15) is 9.18 Å². The van der Waals surface area contributed by atoms with Crippen molar-refractivity contribution in [3.05, 3.63) is 58.8 Å². The molecule has 0 aliphatic heterocycles. The molecular weight excluding hydrogens is 333 g/mol. The fraction of sp³-hybridized carbons (Fsp3) is 0.176. The monoisotopic (exact) mass is 347 g/mol. The zero-order valence-electron chi connectivity index (χ0n) is 13.1. The van der Waals surface area contributed by atoms with E-state index >= 15 is 0 Å². The number of pyridine rings is 1. The van der Waals surface area contributed by atoms with Gasteiger partial charge in [0, 0.05) is 23.5 Å². The summed E-state index contributed by atoms with van der Waals surface area (Å²) < 4.78 is 20.0. The van der Waals surface area contributed by atoms with Gasteiger partial charge in [-0.3, -0.25) is 4.79 Å². The number of nitrogens with one attached hydrogen (secondary N) is 1. The largest absolute Gasteiger partial charge is 0.495 e. The Hall–Kier alpha value is -2.60. The number of amides is 1. The van der Waals surface area contributed by atoms with E-state index in [2.05, 4.69) is 10.3 Å². The number of halogens is 2. The van der Waals surface area contributed by atoms with Gasteiger partial charge < -0.3 is 14.5 Å². The Balaban J connectivity index is 1.78. The number of anilines is 1. The Morgan fingerprint density at radius 3 is 2.92 bits per heavy atom. The quantitative estimate of drug-likeness (QED) is 0.784. The summed E-state index contributed by atoms with van der Waals surface area (Å²) in [4.78, 5) is 16.6. The van der Waals surface area contributed by atoms with Crippen LogP contribution in [0.25, 0.3) is 5.65 Å². The number of aryl methyl sites for hydroxylation is 1. The van der Waals surface area contributed by atoms with Crippen LogP contribution in [0.3, 0.4) is 0 Å². The lowest BCUT2D eigenvalue weighted by Crippen LogP contribution is -2.15. The summed E-state index contributed by atoms with van der Waals surface area (Å²) in [5.41, 5.74) is 2.50. The summed E-state index contributed by atoms with van der Waals surface area (Å²) in [5, 5.41) is 3.35. The van der Waals surface area contributed by atoms with Gasteiger partial charge >= 0.3 is 0 Å². The van der Waals surface area contributed by atoms with Crippen molar-refractivity contribution in [2.45, 2.75) is 13.3 Å². The van der Waals surface area contributed by atoms with Crippen molar-refractivity contribution in [3.63, 3.8) is 0 Å². The summed E-state index contributed by atoms with van der Waals surface area (Å²) in [5.74, 6) is -0.132. The highest BCUT2D eigenvalue weighted by Gasteiger charge is 2.12. The molecular formula is C17H15ClFN3O2. The summed E-state index contributed by atoms with van der Waals surface area (Å²) in [6, 6.07) is 6.29. The molecule has 24 heavy (non-hydrogen) atoms. The van der Waals surface area contributed by atoms with Crippen LogP contribution in [-0.2, 0) is 11.2 Å². The molecule has 124 valence electrons. The molecule has 0 saturated carbocycles. The average Bonchev–Trinajstić information content (AvgIpc) is 2.91. The molecule has 0 aliphatic rings. The van der Waals surface area contributed by atoms with Gasteiger partial charge in [0.25, 0.3) is 0 Å². The number of carbonyl (C=O) groups excluding carboxylic acids is 1. The third-order valence-corrected chi connectivity index (χ3v) is 3.97. The first kappa shape index (κ1) is 16.3. The van der Waals surface area contributed by atoms with E-state index in [1.54, 1.807) is 28.8 Å². The van der Waals surface area contributed by atoms with Crippen LogP contribution in [0.4, 0.5) is 10.1 Å². The van der Waals surface area contributed by atoms with Gasteiger partial charge in [-0.25, -0.2) is 9.37 Å². The zero-order chi connectivity index (χ0) is 17.3. The molecule has 0 radical (unpaired) electrons. The second-order valence-corrected chi connectivity index (χ2v) is 5.78.